The van der Waals surface area contributed by atoms with E-state index in [-0.39, 0.29) is 24.4 Å². The van der Waals surface area contributed by atoms with Crippen LogP contribution in [0.2, 0.25) is 0 Å². The molecule has 0 aliphatic heterocycles. The molecule has 1 N–H and O–H groups in total. The van der Waals surface area contributed by atoms with Crippen LogP contribution in [0.5, 0.6) is 0 Å². The molecule has 8 nitrogen and oxygen atoms in total. The van der Waals surface area contributed by atoms with Crippen LogP contribution in [0.3, 0.4) is 0 Å². The third-order valence-corrected chi connectivity index (χ3v) is 5.84. The second-order valence-corrected chi connectivity index (χ2v) is 7.88. The summed E-state index contributed by atoms with van der Waals surface area (Å²) in [7, 11) is 0. The van der Waals surface area contributed by atoms with E-state index in [0.717, 1.165) is 20.8 Å². The number of aromatic nitrogens is 5. The SMILES string of the molecule is O=C(CCn1nnc2ccccc2c1=O)Nc1ccc(-c2nc3ccccc3s2)cn1. The molecule has 0 saturated carbocycles. The first-order valence-electron chi connectivity index (χ1n) is 9.62. The van der Waals surface area contributed by atoms with Crippen LogP contribution >= 0.6 is 11.3 Å². The van der Waals surface area contributed by atoms with E-state index < -0.39 is 0 Å². The largest absolute Gasteiger partial charge is 0.311 e. The van der Waals surface area contributed by atoms with Gasteiger partial charge in [0.1, 0.15) is 16.3 Å². The Labute approximate surface area is 180 Å². The summed E-state index contributed by atoms with van der Waals surface area (Å²) < 4.78 is 2.31. The van der Waals surface area contributed by atoms with Crippen LogP contribution in [0.1, 0.15) is 6.42 Å². The standard InChI is InChI=1S/C22H16N6O2S/c29-20(11-12-28-22(30)15-5-1-2-6-16(15)26-27-28)25-19-10-9-14(13-23-19)21-24-17-7-3-4-8-18(17)31-21/h1-10,13H,11-12H2,(H,23,25,29). The molecule has 0 fully saturated rings. The molecule has 0 saturated heterocycles. The van der Waals surface area contributed by atoms with Gasteiger partial charge in [0.05, 0.1) is 22.1 Å². The van der Waals surface area contributed by atoms with Gasteiger partial charge < -0.3 is 5.32 Å². The lowest BCUT2D eigenvalue weighted by atomic mass is 10.2. The predicted octanol–water partition coefficient (Wildman–Crippen LogP) is 3.49. The zero-order chi connectivity index (χ0) is 21.2. The second kappa shape index (κ2) is 8.04. The highest BCUT2D eigenvalue weighted by molar-refractivity contribution is 7.21. The molecule has 2 aromatic carbocycles. The normalized spacial score (nSPS) is 11.1. The van der Waals surface area contributed by atoms with E-state index in [1.54, 1.807) is 47.9 Å². The number of para-hydroxylation sites is 1. The number of fused-ring (bicyclic) bond motifs is 2. The summed E-state index contributed by atoms with van der Waals surface area (Å²) in [5.41, 5.74) is 2.10. The number of rotatable bonds is 5. The fourth-order valence-electron chi connectivity index (χ4n) is 3.17. The lowest BCUT2D eigenvalue weighted by Crippen LogP contribution is -2.26. The molecule has 31 heavy (non-hydrogen) atoms. The van der Waals surface area contributed by atoms with E-state index in [1.165, 1.54) is 4.68 Å². The number of nitrogens with one attached hydrogen (secondary N) is 1. The summed E-state index contributed by atoms with van der Waals surface area (Å²) in [6, 6.07) is 18.5. The van der Waals surface area contributed by atoms with Crippen molar-refractivity contribution in [3.63, 3.8) is 0 Å². The van der Waals surface area contributed by atoms with Gasteiger partial charge in [0.2, 0.25) is 5.91 Å². The minimum absolute atomic E-state index is 0.0776. The predicted molar refractivity (Wildman–Crippen MR) is 120 cm³/mol. The Morgan fingerprint density at radius 2 is 1.81 bits per heavy atom. The molecule has 0 bridgehead atoms. The van der Waals surface area contributed by atoms with E-state index >= 15 is 0 Å². The number of pyridine rings is 1. The van der Waals surface area contributed by atoms with Gasteiger partial charge >= 0.3 is 0 Å². The van der Waals surface area contributed by atoms with Crippen molar-refractivity contribution in [2.24, 2.45) is 0 Å². The highest BCUT2D eigenvalue weighted by Gasteiger charge is 2.10. The first-order chi connectivity index (χ1) is 15.2. The van der Waals surface area contributed by atoms with E-state index in [1.807, 2.05) is 30.3 Å². The van der Waals surface area contributed by atoms with Crippen molar-refractivity contribution >= 4 is 44.2 Å². The zero-order valence-electron chi connectivity index (χ0n) is 16.2. The third kappa shape index (κ3) is 3.90. The van der Waals surface area contributed by atoms with E-state index in [4.69, 9.17) is 0 Å². The van der Waals surface area contributed by atoms with Gasteiger partial charge in [0.15, 0.2) is 0 Å². The summed E-state index contributed by atoms with van der Waals surface area (Å²) in [5.74, 6) is 0.175. The first kappa shape index (κ1) is 19.0. The number of amides is 1. The van der Waals surface area contributed by atoms with Gasteiger partial charge in [0, 0.05) is 18.2 Å². The summed E-state index contributed by atoms with van der Waals surface area (Å²) in [6.45, 7) is 0.131. The Balaban J connectivity index is 1.24. The highest BCUT2D eigenvalue weighted by atomic mass is 32.1. The summed E-state index contributed by atoms with van der Waals surface area (Å²) in [5, 5.41) is 12.0. The summed E-state index contributed by atoms with van der Waals surface area (Å²) >= 11 is 1.59. The molecular weight excluding hydrogens is 412 g/mol. The number of benzene rings is 2. The number of thiazole rings is 1. The maximum atomic E-state index is 12.4. The maximum Gasteiger partial charge on any atom is 0.277 e. The van der Waals surface area contributed by atoms with Crippen molar-refractivity contribution in [3.05, 3.63) is 77.2 Å². The summed E-state index contributed by atoms with van der Waals surface area (Å²) in [4.78, 5) is 33.7. The topological polar surface area (TPSA) is 103 Å². The van der Waals surface area contributed by atoms with Crippen molar-refractivity contribution in [1.82, 2.24) is 25.0 Å². The van der Waals surface area contributed by atoms with Crippen LogP contribution < -0.4 is 10.9 Å². The second-order valence-electron chi connectivity index (χ2n) is 6.85. The van der Waals surface area contributed by atoms with Crippen molar-refractivity contribution in [1.29, 1.82) is 0 Å². The van der Waals surface area contributed by atoms with Gasteiger partial charge in [-0.2, -0.15) is 0 Å². The number of nitrogens with zero attached hydrogens (tertiary/aromatic N) is 5. The van der Waals surface area contributed by atoms with Gasteiger partial charge in [0.25, 0.3) is 5.56 Å². The molecule has 0 spiro atoms. The van der Waals surface area contributed by atoms with Crippen molar-refractivity contribution in [2.75, 3.05) is 5.32 Å². The molecule has 0 aliphatic rings. The fraction of sp³-hybridized carbons (Fsp3) is 0.0909. The van der Waals surface area contributed by atoms with Crippen LogP contribution in [0.4, 0.5) is 5.82 Å². The molecule has 5 aromatic rings. The molecule has 0 radical (unpaired) electrons. The molecule has 1 amide bonds. The number of aryl methyl sites for hydroxylation is 1. The molecule has 9 heteroatoms. The first-order valence-corrected chi connectivity index (χ1v) is 10.4. The van der Waals surface area contributed by atoms with Crippen LogP contribution in [0.15, 0.2) is 71.7 Å². The van der Waals surface area contributed by atoms with E-state index in [0.29, 0.717) is 16.7 Å². The van der Waals surface area contributed by atoms with Crippen molar-refractivity contribution in [3.8, 4) is 10.6 Å². The molecule has 152 valence electrons. The molecule has 0 atom stereocenters. The van der Waals surface area contributed by atoms with Crippen LogP contribution in [-0.4, -0.2) is 30.9 Å². The van der Waals surface area contributed by atoms with Crippen LogP contribution in [0.25, 0.3) is 31.7 Å². The summed E-state index contributed by atoms with van der Waals surface area (Å²) in [6.07, 6.45) is 1.76. The lowest BCUT2D eigenvalue weighted by Gasteiger charge is -2.06. The Bertz CT molecular complexity index is 1430. The quantitative estimate of drug-likeness (QED) is 0.460. The van der Waals surface area contributed by atoms with Gasteiger partial charge in [-0.25, -0.2) is 14.6 Å². The molecule has 5 rings (SSSR count). The Kier molecular flexibility index (Phi) is 4.93. The maximum absolute atomic E-state index is 12.4. The van der Waals surface area contributed by atoms with E-state index in [9.17, 15) is 9.59 Å². The Hall–Kier alpha value is -3.98. The highest BCUT2D eigenvalue weighted by Crippen LogP contribution is 2.29. The average molecular weight is 428 g/mol. The van der Waals surface area contributed by atoms with Crippen LogP contribution in [-0.2, 0) is 11.3 Å². The Morgan fingerprint density at radius 1 is 1.00 bits per heavy atom. The number of anilines is 1. The minimum atomic E-state index is -0.267. The minimum Gasteiger partial charge on any atom is -0.311 e. The lowest BCUT2D eigenvalue weighted by molar-refractivity contribution is -0.116. The number of carbonyl (C=O) groups is 1. The number of hydrogen-bond acceptors (Lipinski definition) is 7. The molecule has 0 unspecified atom stereocenters. The number of hydrogen-bond donors (Lipinski definition) is 1. The molecule has 0 aliphatic carbocycles. The van der Waals surface area contributed by atoms with Gasteiger partial charge in [-0.3, -0.25) is 9.59 Å². The van der Waals surface area contributed by atoms with E-state index in [2.05, 4.69) is 25.6 Å². The van der Waals surface area contributed by atoms with Gasteiger partial charge in [-0.15, -0.1) is 16.4 Å². The smallest absolute Gasteiger partial charge is 0.277 e. The Morgan fingerprint density at radius 3 is 2.61 bits per heavy atom. The van der Waals surface area contributed by atoms with Crippen molar-refractivity contribution < 1.29 is 4.79 Å². The van der Waals surface area contributed by atoms with Gasteiger partial charge in [-0.1, -0.05) is 29.5 Å². The monoisotopic (exact) mass is 428 g/mol. The average Bonchev–Trinajstić information content (AvgIpc) is 3.24. The van der Waals surface area contributed by atoms with Crippen LogP contribution in [0, 0.1) is 0 Å². The van der Waals surface area contributed by atoms with Gasteiger partial charge in [-0.05, 0) is 36.4 Å². The number of carbonyl (C=O) groups excluding carboxylic acids is 1. The van der Waals surface area contributed by atoms with Crippen molar-refractivity contribution in [2.45, 2.75) is 13.0 Å². The molecular formula is C22H16N6O2S. The third-order valence-electron chi connectivity index (χ3n) is 4.75. The fourth-order valence-corrected chi connectivity index (χ4v) is 4.13. The molecule has 3 aromatic heterocycles. The zero-order valence-corrected chi connectivity index (χ0v) is 17.0. The molecule has 3 heterocycles.